The van der Waals surface area contributed by atoms with Crippen LogP contribution in [0.2, 0.25) is 0 Å². The lowest BCUT2D eigenvalue weighted by atomic mass is 9.91. The molecule has 0 aromatic heterocycles. The van der Waals surface area contributed by atoms with Crippen molar-refractivity contribution < 1.29 is 19.1 Å². The summed E-state index contributed by atoms with van der Waals surface area (Å²) in [5, 5.41) is 0. The highest BCUT2D eigenvalue weighted by Crippen LogP contribution is 2.36. The number of carbonyl (C=O) groups is 2. The van der Waals surface area contributed by atoms with Crippen molar-refractivity contribution in [3.63, 3.8) is 0 Å². The fraction of sp³-hybridized carbons (Fsp3) is 0.318. The van der Waals surface area contributed by atoms with Crippen LogP contribution in [0.25, 0.3) is 4.85 Å². The second kappa shape index (κ2) is 7.84. The molecule has 4 rings (SSSR count). The van der Waals surface area contributed by atoms with E-state index < -0.39 is 5.60 Å². The maximum absolute atomic E-state index is 12.4. The first-order valence-corrected chi connectivity index (χ1v) is 9.52. The van der Waals surface area contributed by atoms with Gasteiger partial charge in [-0.25, -0.2) is 14.4 Å². The van der Waals surface area contributed by atoms with E-state index in [0.29, 0.717) is 43.9 Å². The van der Waals surface area contributed by atoms with Crippen LogP contribution in [0.1, 0.15) is 18.4 Å². The van der Waals surface area contributed by atoms with Crippen molar-refractivity contribution in [2.24, 2.45) is 0 Å². The minimum Gasteiger partial charge on any atom is -0.445 e. The zero-order valence-electron chi connectivity index (χ0n) is 15.9. The average Bonchev–Trinajstić information content (AvgIpc) is 3.09. The molecule has 0 aliphatic carbocycles. The van der Waals surface area contributed by atoms with Crippen LogP contribution in [0.5, 0.6) is 0 Å². The second-order valence-corrected chi connectivity index (χ2v) is 7.29. The number of anilines is 1. The smallest absolute Gasteiger partial charge is 0.415 e. The van der Waals surface area contributed by atoms with E-state index in [0.717, 1.165) is 5.56 Å². The van der Waals surface area contributed by atoms with Gasteiger partial charge in [-0.05, 0) is 17.7 Å². The van der Waals surface area contributed by atoms with E-state index in [1.54, 1.807) is 34.1 Å². The summed E-state index contributed by atoms with van der Waals surface area (Å²) in [7, 11) is 0. The van der Waals surface area contributed by atoms with Gasteiger partial charge in [-0.3, -0.25) is 4.90 Å². The van der Waals surface area contributed by atoms with E-state index >= 15 is 0 Å². The molecule has 2 aliphatic heterocycles. The Kier molecular flexibility index (Phi) is 5.09. The molecule has 1 spiro atoms. The number of likely N-dealkylation sites (tertiary alicyclic amines) is 1. The lowest BCUT2D eigenvalue weighted by Gasteiger charge is -2.36. The molecular weight excluding hydrogens is 370 g/mol. The molecule has 0 N–H and O–H groups in total. The normalized spacial score (nSPS) is 17.7. The van der Waals surface area contributed by atoms with Gasteiger partial charge in [0, 0.05) is 31.6 Å². The van der Waals surface area contributed by atoms with Crippen LogP contribution in [-0.4, -0.2) is 42.3 Å². The number of amides is 2. The molecule has 2 aliphatic rings. The van der Waals surface area contributed by atoms with E-state index in [-0.39, 0.29) is 18.8 Å². The lowest BCUT2D eigenvalue weighted by Crippen LogP contribution is -2.48. The lowest BCUT2D eigenvalue weighted by molar-refractivity contribution is -0.00107. The van der Waals surface area contributed by atoms with Gasteiger partial charge in [0.25, 0.3) is 0 Å². The summed E-state index contributed by atoms with van der Waals surface area (Å²) in [6.07, 6.45) is 0.395. The van der Waals surface area contributed by atoms with Gasteiger partial charge in [-0.1, -0.05) is 42.5 Å². The predicted octanol–water partition coefficient (Wildman–Crippen LogP) is 4.37. The summed E-state index contributed by atoms with van der Waals surface area (Å²) in [6.45, 7) is 8.66. The number of carbonyl (C=O) groups excluding carboxylic acids is 2. The van der Waals surface area contributed by atoms with Gasteiger partial charge < -0.3 is 14.4 Å². The van der Waals surface area contributed by atoms with Crippen molar-refractivity contribution in [2.45, 2.75) is 25.0 Å². The Labute approximate surface area is 169 Å². The fourth-order valence-corrected chi connectivity index (χ4v) is 3.70. The Morgan fingerprint density at radius 1 is 1.10 bits per heavy atom. The van der Waals surface area contributed by atoms with E-state index in [4.69, 9.17) is 16.0 Å². The maximum Gasteiger partial charge on any atom is 0.415 e. The molecule has 2 heterocycles. The molecule has 2 aromatic carbocycles. The Balaban J connectivity index is 1.33. The van der Waals surface area contributed by atoms with Gasteiger partial charge >= 0.3 is 12.2 Å². The van der Waals surface area contributed by atoms with E-state index in [1.807, 2.05) is 30.3 Å². The number of ether oxygens (including phenoxy) is 2. The Morgan fingerprint density at radius 3 is 2.45 bits per heavy atom. The molecule has 29 heavy (non-hydrogen) atoms. The number of rotatable bonds is 3. The zero-order valence-corrected chi connectivity index (χ0v) is 15.9. The molecule has 7 nitrogen and oxygen atoms in total. The molecule has 2 saturated heterocycles. The van der Waals surface area contributed by atoms with Crippen molar-refractivity contribution >= 4 is 23.6 Å². The van der Waals surface area contributed by atoms with Gasteiger partial charge in [0.05, 0.1) is 13.1 Å². The summed E-state index contributed by atoms with van der Waals surface area (Å²) in [4.78, 5) is 31.4. The highest BCUT2D eigenvalue weighted by molar-refractivity contribution is 5.90. The summed E-state index contributed by atoms with van der Waals surface area (Å²) >= 11 is 0. The quantitative estimate of drug-likeness (QED) is 0.729. The third-order valence-corrected chi connectivity index (χ3v) is 5.40. The Morgan fingerprint density at radius 2 is 1.79 bits per heavy atom. The van der Waals surface area contributed by atoms with E-state index in [9.17, 15) is 9.59 Å². The van der Waals surface area contributed by atoms with Crippen molar-refractivity contribution in [1.29, 1.82) is 0 Å². The monoisotopic (exact) mass is 391 g/mol. The van der Waals surface area contributed by atoms with Crippen molar-refractivity contribution in [3.05, 3.63) is 71.6 Å². The average molecular weight is 391 g/mol. The van der Waals surface area contributed by atoms with Crippen LogP contribution in [0.4, 0.5) is 21.0 Å². The highest BCUT2D eigenvalue weighted by Gasteiger charge is 2.48. The number of piperidine rings is 1. The molecule has 0 saturated carbocycles. The molecule has 2 aromatic rings. The maximum atomic E-state index is 12.4. The van der Waals surface area contributed by atoms with E-state index in [1.165, 1.54) is 0 Å². The SMILES string of the molecule is [C-]#[N+]c1ccc(N2CC3(CCN(C(=O)OCc4ccccc4)CC3)OC2=O)cc1. The summed E-state index contributed by atoms with van der Waals surface area (Å²) in [6, 6.07) is 16.4. The Bertz CT molecular complexity index is 929. The minimum absolute atomic E-state index is 0.241. The van der Waals surface area contributed by atoms with E-state index in [2.05, 4.69) is 4.85 Å². The molecule has 2 fully saturated rings. The van der Waals surface area contributed by atoms with Crippen LogP contribution in [0, 0.1) is 6.57 Å². The topological polar surface area (TPSA) is 63.4 Å². The standard InChI is InChI=1S/C22H21N3O4/c1-23-18-7-9-19(10-8-18)25-16-22(29-21(25)27)11-13-24(14-12-22)20(26)28-15-17-5-3-2-4-6-17/h2-10H,11-16H2. The van der Waals surface area contributed by atoms with Crippen LogP contribution < -0.4 is 4.90 Å². The molecule has 2 amide bonds. The summed E-state index contributed by atoms with van der Waals surface area (Å²) in [5.41, 5.74) is 1.59. The molecule has 0 bridgehead atoms. The summed E-state index contributed by atoms with van der Waals surface area (Å²) < 4.78 is 11.1. The van der Waals surface area contributed by atoms with Crippen molar-refractivity contribution in [1.82, 2.24) is 4.90 Å². The van der Waals surface area contributed by atoms with Crippen LogP contribution >= 0.6 is 0 Å². The summed E-state index contributed by atoms with van der Waals surface area (Å²) in [5.74, 6) is 0. The Hall–Kier alpha value is -3.53. The predicted molar refractivity (Wildman–Crippen MR) is 107 cm³/mol. The van der Waals surface area contributed by atoms with Gasteiger partial charge in [0.2, 0.25) is 0 Å². The second-order valence-electron chi connectivity index (χ2n) is 7.29. The molecule has 0 unspecified atom stereocenters. The number of hydrogen-bond donors (Lipinski definition) is 0. The first-order chi connectivity index (χ1) is 14.1. The molecular formula is C22H21N3O4. The third kappa shape index (κ3) is 4.02. The first-order valence-electron chi connectivity index (χ1n) is 9.52. The van der Waals surface area contributed by atoms with Crippen LogP contribution in [-0.2, 0) is 16.1 Å². The first kappa shape index (κ1) is 18.8. The molecule has 148 valence electrons. The molecule has 0 atom stereocenters. The highest BCUT2D eigenvalue weighted by atomic mass is 16.6. The van der Waals surface area contributed by atoms with Gasteiger partial charge in [0.1, 0.15) is 12.2 Å². The van der Waals surface area contributed by atoms with Gasteiger partial charge in [-0.2, -0.15) is 0 Å². The van der Waals surface area contributed by atoms with Crippen molar-refractivity contribution in [2.75, 3.05) is 24.5 Å². The molecule has 7 heteroatoms. The number of hydrogen-bond acceptors (Lipinski definition) is 4. The zero-order chi connectivity index (χ0) is 20.3. The third-order valence-electron chi connectivity index (χ3n) is 5.40. The largest absolute Gasteiger partial charge is 0.445 e. The van der Waals surface area contributed by atoms with Gasteiger partial charge in [-0.15, -0.1) is 0 Å². The van der Waals surface area contributed by atoms with Gasteiger partial charge in [0.15, 0.2) is 5.69 Å². The molecule has 0 radical (unpaired) electrons. The van der Waals surface area contributed by atoms with Crippen molar-refractivity contribution in [3.8, 4) is 0 Å². The number of nitrogens with zero attached hydrogens (tertiary/aromatic N) is 3. The minimum atomic E-state index is -0.592. The van der Waals surface area contributed by atoms with Crippen LogP contribution in [0.15, 0.2) is 54.6 Å². The number of benzene rings is 2. The van der Waals surface area contributed by atoms with Crippen LogP contribution in [0.3, 0.4) is 0 Å². The fourth-order valence-electron chi connectivity index (χ4n) is 3.70.